The number of aliphatic hydroxyl groups excluding tert-OH is 2. The SMILES string of the molecule is OC1C(O)C2CCCC3CCCC1C32. The first-order valence-electron chi connectivity index (χ1n) is 6.15. The van der Waals surface area contributed by atoms with Crippen molar-refractivity contribution in [3.8, 4) is 0 Å². The lowest BCUT2D eigenvalue weighted by molar-refractivity contribution is 0.00126. The molecule has 0 saturated heterocycles. The van der Waals surface area contributed by atoms with Crippen molar-refractivity contribution in [3.05, 3.63) is 0 Å². The molecule has 0 radical (unpaired) electrons. The van der Waals surface area contributed by atoms with Crippen molar-refractivity contribution in [1.82, 2.24) is 0 Å². The Morgan fingerprint density at radius 2 is 1.21 bits per heavy atom. The van der Waals surface area contributed by atoms with E-state index in [0.717, 1.165) is 18.8 Å². The molecule has 2 N–H and O–H groups in total. The normalized spacial score (nSPS) is 57.0. The Hall–Kier alpha value is -0.0800. The summed E-state index contributed by atoms with van der Waals surface area (Å²) >= 11 is 0. The summed E-state index contributed by atoms with van der Waals surface area (Å²) in [6.07, 6.45) is 6.70. The van der Waals surface area contributed by atoms with Gasteiger partial charge < -0.3 is 10.2 Å². The summed E-state index contributed by atoms with van der Waals surface area (Å²) in [5, 5.41) is 20.0. The summed E-state index contributed by atoms with van der Waals surface area (Å²) in [5.41, 5.74) is 0. The van der Waals surface area contributed by atoms with Gasteiger partial charge in [0.25, 0.3) is 0 Å². The highest BCUT2D eigenvalue weighted by Gasteiger charge is 2.53. The zero-order valence-corrected chi connectivity index (χ0v) is 8.60. The van der Waals surface area contributed by atoms with Gasteiger partial charge in [0, 0.05) is 0 Å². The minimum atomic E-state index is -0.411. The first kappa shape index (κ1) is 9.17. The Morgan fingerprint density at radius 3 is 1.71 bits per heavy atom. The summed E-state index contributed by atoms with van der Waals surface area (Å²) < 4.78 is 0. The maximum atomic E-state index is 9.99. The third-order valence-corrected chi connectivity index (χ3v) is 4.99. The van der Waals surface area contributed by atoms with Crippen LogP contribution in [0.5, 0.6) is 0 Å². The molecule has 2 nitrogen and oxygen atoms in total. The van der Waals surface area contributed by atoms with E-state index in [0.29, 0.717) is 17.8 Å². The predicted octanol–water partition coefficient (Wildman–Crippen LogP) is 1.55. The van der Waals surface area contributed by atoms with E-state index >= 15 is 0 Å². The Bertz CT molecular complexity index is 206. The molecule has 0 aromatic carbocycles. The molecular weight excluding hydrogens is 176 g/mol. The van der Waals surface area contributed by atoms with Crippen LogP contribution in [-0.4, -0.2) is 22.4 Å². The van der Waals surface area contributed by atoms with Crippen LogP contribution in [0.4, 0.5) is 0 Å². The zero-order chi connectivity index (χ0) is 9.71. The number of aliphatic hydroxyl groups is 2. The highest BCUT2D eigenvalue weighted by atomic mass is 16.3. The topological polar surface area (TPSA) is 40.5 Å². The van der Waals surface area contributed by atoms with Crippen molar-refractivity contribution in [2.75, 3.05) is 0 Å². The molecule has 4 unspecified atom stereocenters. The molecule has 3 aliphatic carbocycles. The molecular formula is C12H20O2. The van der Waals surface area contributed by atoms with Crippen LogP contribution in [0.1, 0.15) is 38.5 Å². The van der Waals surface area contributed by atoms with Crippen LogP contribution in [0.2, 0.25) is 0 Å². The van der Waals surface area contributed by atoms with E-state index in [4.69, 9.17) is 0 Å². The van der Waals surface area contributed by atoms with Gasteiger partial charge in [-0.25, -0.2) is 0 Å². The fourth-order valence-corrected chi connectivity index (χ4v) is 4.47. The van der Waals surface area contributed by atoms with E-state index in [1.807, 2.05) is 0 Å². The Labute approximate surface area is 85.3 Å². The molecule has 0 aliphatic heterocycles. The van der Waals surface area contributed by atoms with E-state index in [9.17, 15) is 10.2 Å². The third-order valence-electron chi connectivity index (χ3n) is 4.99. The average molecular weight is 196 g/mol. The molecule has 3 saturated carbocycles. The second-order valence-electron chi connectivity index (χ2n) is 5.51. The van der Waals surface area contributed by atoms with Gasteiger partial charge in [-0.1, -0.05) is 25.7 Å². The minimum absolute atomic E-state index is 0.411. The zero-order valence-electron chi connectivity index (χ0n) is 8.60. The molecule has 0 heterocycles. The molecule has 0 spiro atoms. The molecule has 2 heteroatoms. The van der Waals surface area contributed by atoms with Crippen LogP contribution in [0.15, 0.2) is 0 Å². The molecule has 0 aromatic rings. The molecule has 3 rings (SSSR count). The predicted molar refractivity (Wildman–Crippen MR) is 53.7 cm³/mol. The van der Waals surface area contributed by atoms with Gasteiger partial charge in [0.2, 0.25) is 0 Å². The summed E-state index contributed by atoms with van der Waals surface area (Å²) in [5.74, 6) is 2.32. The van der Waals surface area contributed by atoms with Gasteiger partial charge in [-0.15, -0.1) is 0 Å². The first-order chi connectivity index (χ1) is 6.79. The van der Waals surface area contributed by atoms with Gasteiger partial charge in [0.15, 0.2) is 0 Å². The van der Waals surface area contributed by atoms with Crippen molar-refractivity contribution >= 4 is 0 Å². The summed E-state index contributed by atoms with van der Waals surface area (Å²) in [4.78, 5) is 0. The van der Waals surface area contributed by atoms with Gasteiger partial charge in [0.05, 0.1) is 12.2 Å². The summed E-state index contributed by atoms with van der Waals surface area (Å²) in [7, 11) is 0. The maximum Gasteiger partial charge on any atom is 0.0832 e. The largest absolute Gasteiger partial charge is 0.390 e. The number of hydrogen-bond acceptors (Lipinski definition) is 2. The fraction of sp³-hybridized carbons (Fsp3) is 1.00. The van der Waals surface area contributed by atoms with Gasteiger partial charge in [-0.2, -0.15) is 0 Å². The van der Waals surface area contributed by atoms with Gasteiger partial charge in [-0.3, -0.25) is 0 Å². The second kappa shape index (κ2) is 3.21. The standard InChI is InChI=1S/C12H20O2/c13-11-8-5-1-3-7-4-2-6-9(10(7)8)12(11)14/h7-14H,1-6H2. The van der Waals surface area contributed by atoms with Gasteiger partial charge in [-0.05, 0) is 36.5 Å². The maximum absolute atomic E-state index is 9.99. The molecule has 3 aliphatic rings. The third kappa shape index (κ3) is 1.10. The lowest BCUT2D eigenvalue weighted by Crippen LogP contribution is -2.34. The van der Waals surface area contributed by atoms with Crippen LogP contribution in [-0.2, 0) is 0 Å². The van der Waals surface area contributed by atoms with Crippen molar-refractivity contribution in [1.29, 1.82) is 0 Å². The number of hydrogen-bond donors (Lipinski definition) is 2. The van der Waals surface area contributed by atoms with Crippen molar-refractivity contribution in [2.45, 2.75) is 50.7 Å². The molecule has 0 bridgehead atoms. The van der Waals surface area contributed by atoms with Crippen LogP contribution in [0.25, 0.3) is 0 Å². The summed E-state index contributed by atoms with van der Waals surface area (Å²) in [6.45, 7) is 0. The van der Waals surface area contributed by atoms with Crippen molar-refractivity contribution in [3.63, 3.8) is 0 Å². The minimum Gasteiger partial charge on any atom is -0.390 e. The highest BCUT2D eigenvalue weighted by molar-refractivity contribution is 5.03. The van der Waals surface area contributed by atoms with E-state index < -0.39 is 12.2 Å². The molecule has 4 atom stereocenters. The monoisotopic (exact) mass is 196 g/mol. The van der Waals surface area contributed by atoms with Crippen molar-refractivity contribution < 1.29 is 10.2 Å². The van der Waals surface area contributed by atoms with Crippen LogP contribution < -0.4 is 0 Å². The van der Waals surface area contributed by atoms with E-state index in [1.54, 1.807) is 0 Å². The molecule has 3 fully saturated rings. The van der Waals surface area contributed by atoms with Crippen molar-refractivity contribution in [2.24, 2.45) is 23.7 Å². The smallest absolute Gasteiger partial charge is 0.0832 e. The molecule has 0 aromatic heterocycles. The Morgan fingerprint density at radius 1 is 0.714 bits per heavy atom. The second-order valence-corrected chi connectivity index (χ2v) is 5.51. The molecule has 80 valence electrons. The van der Waals surface area contributed by atoms with Gasteiger partial charge >= 0.3 is 0 Å². The Kier molecular flexibility index (Phi) is 2.10. The highest BCUT2D eigenvalue weighted by Crippen LogP contribution is 2.54. The summed E-state index contributed by atoms with van der Waals surface area (Å²) in [6, 6.07) is 0. The average Bonchev–Trinajstić information content (AvgIpc) is 2.47. The number of rotatable bonds is 0. The first-order valence-corrected chi connectivity index (χ1v) is 6.15. The lowest BCUT2D eigenvalue weighted by Gasteiger charge is -2.40. The van der Waals surface area contributed by atoms with Crippen LogP contribution >= 0.6 is 0 Å². The Balaban J connectivity index is 1.90. The quantitative estimate of drug-likeness (QED) is 0.617. The van der Waals surface area contributed by atoms with Crippen LogP contribution in [0, 0.1) is 23.7 Å². The lowest BCUT2D eigenvalue weighted by atomic mass is 9.64. The molecule has 14 heavy (non-hydrogen) atoms. The van der Waals surface area contributed by atoms with E-state index in [1.165, 1.54) is 25.7 Å². The van der Waals surface area contributed by atoms with E-state index in [-0.39, 0.29) is 0 Å². The fourth-order valence-electron chi connectivity index (χ4n) is 4.47. The van der Waals surface area contributed by atoms with E-state index in [2.05, 4.69) is 0 Å². The van der Waals surface area contributed by atoms with Crippen LogP contribution in [0.3, 0.4) is 0 Å². The van der Waals surface area contributed by atoms with Gasteiger partial charge in [0.1, 0.15) is 0 Å². The molecule has 0 amide bonds.